The van der Waals surface area contributed by atoms with E-state index in [2.05, 4.69) is 30.0 Å². The van der Waals surface area contributed by atoms with Gasteiger partial charge in [0, 0.05) is 0 Å². The summed E-state index contributed by atoms with van der Waals surface area (Å²) in [6.45, 7) is 0. The summed E-state index contributed by atoms with van der Waals surface area (Å²) in [7, 11) is 2.85. The predicted molar refractivity (Wildman–Crippen MR) is 84.1 cm³/mol. The lowest BCUT2D eigenvalue weighted by atomic mass is 10.2. The van der Waals surface area contributed by atoms with E-state index in [0.29, 0.717) is 17.3 Å². The lowest BCUT2D eigenvalue weighted by Gasteiger charge is -2.08. The molecule has 0 aliphatic carbocycles. The first-order valence-corrected chi connectivity index (χ1v) is 7.42. The Labute approximate surface area is 148 Å². The predicted octanol–water partition coefficient (Wildman–Crippen LogP) is 1.94. The van der Waals surface area contributed by atoms with E-state index in [9.17, 15) is 13.2 Å². The van der Waals surface area contributed by atoms with Gasteiger partial charge in [0.2, 0.25) is 29.2 Å². The fraction of sp³-hybridized carbons (Fsp3) is 0.214. The summed E-state index contributed by atoms with van der Waals surface area (Å²) in [5.41, 5.74) is 0.855. The van der Waals surface area contributed by atoms with E-state index >= 15 is 0 Å². The Hall–Kier alpha value is -3.64. The molecule has 0 aliphatic rings. The number of imidazole rings is 2. The molecule has 0 saturated heterocycles. The molecule has 4 rings (SSSR count). The van der Waals surface area contributed by atoms with Gasteiger partial charge in [0.15, 0.2) is 0 Å². The molecular formula is C14H11F3N8O2. The number of hydrogen-bond acceptors (Lipinski definition) is 7. The summed E-state index contributed by atoms with van der Waals surface area (Å²) in [5.74, 6) is -0.838. The Morgan fingerprint density at radius 3 is 2.52 bits per heavy atom. The Morgan fingerprint density at radius 1 is 1.11 bits per heavy atom. The maximum absolute atomic E-state index is 12.9. The number of alkyl halides is 3. The minimum atomic E-state index is -4.67. The minimum absolute atomic E-state index is 0.0602. The Bertz CT molecular complexity index is 1100. The van der Waals surface area contributed by atoms with Crippen LogP contribution in [0.15, 0.2) is 18.6 Å². The smallest absolute Gasteiger partial charge is 0.451 e. The molecule has 140 valence electrons. The lowest BCUT2D eigenvalue weighted by Crippen LogP contribution is -2.07. The molecular weight excluding hydrogens is 369 g/mol. The number of halogens is 3. The molecule has 0 aliphatic heterocycles. The molecule has 0 fully saturated rings. The normalized spacial score (nSPS) is 11.9. The number of hydrogen-bond donors (Lipinski definition) is 2. The second-order valence-corrected chi connectivity index (χ2v) is 5.26. The van der Waals surface area contributed by atoms with Crippen molar-refractivity contribution in [2.24, 2.45) is 0 Å². The zero-order valence-corrected chi connectivity index (χ0v) is 13.9. The number of methoxy groups -OCH3 is 2. The number of aromatic nitrogens is 8. The number of H-pyrrole nitrogens is 2. The van der Waals surface area contributed by atoms with Gasteiger partial charge in [-0.25, -0.2) is 19.4 Å². The summed E-state index contributed by atoms with van der Waals surface area (Å²) < 4.78 is 50.6. The zero-order valence-electron chi connectivity index (χ0n) is 13.9. The van der Waals surface area contributed by atoms with E-state index in [4.69, 9.17) is 9.47 Å². The van der Waals surface area contributed by atoms with E-state index in [1.807, 2.05) is 5.10 Å². The van der Waals surface area contributed by atoms with Crippen molar-refractivity contribution in [2.45, 2.75) is 6.18 Å². The molecule has 4 heterocycles. The fourth-order valence-corrected chi connectivity index (χ4v) is 2.53. The van der Waals surface area contributed by atoms with Gasteiger partial charge in [-0.15, -0.1) is 0 Å². The van der Waals surface area contributed by atoms with Crippen LogP contribution in [0.25, 0.3) is 28.7 Å². The third-order valence-corrected chi connectivity index (χ3v) is 3.67. The standard InChI is InChI=1S/C14H11F3N8O2/c1-26-7-3-8(27-2)25-10(6-4-18-5-19-6)9(21-13(25)20-7)11-22-12(24-23-11)14(15,16)17/h3-5H,1-2H3,(H,18,19)(H,22,23,24). The quantitative estimate of drug-likeness (QED) is 0.555. The number of rotatable bonds is 4. The summed E-state index contributed by atoms with van der Waals surface area (Å²) in [6.07, 6.45) is -1.77. The van der Waals surface area contributed by atoms with Gasteiger partial charge in [0.05, 0.1) is 38.5 Å². The third-order valence-electron chi connectivity index (χ3n) is 3.67. The van der Waals surface area contributed by atoms with Crippen molar-refractivity contribution in [3.8, 4) is 34.7 Å². The molecule has 0 unspecified atom stereocenters. The molecule has 4 aromatic rings. The van der Waals surface area contributed by atoms with Crippen LogP contribution in [0.5, 0.6) is 11.8 Å². The molecule has 0 bridgehead atoms. The molecule has 0 spiro atoms. The summed E-state index contributed by atoms with van der Waals surface area (Å²) >= 11 is 0. The fourth-order valence-electron chi connectivity index (χ4n) is 2.53. The average molecular weight is 380 g/mol. The van der Waals surface area contributed by atoms with Gasteiger partial charge >= 0.3 is 6.18 Å². The van der Waals surface area contributed by atoms with E-state index in [-0.39, 0.29) is 23.2 Å². The van der Waals surface area contributed by atoms with Gasteiger partial charge in [0.25, 0.3) is 0 Å². The highest BCUT2D eigenvalue weighted by Crippen LogP contribution is 2.35. The molecule has 0 atom stereocenters. The van der Waals surface area contributed by atoms with Crippen LogP contribution in [0.2, 0.25) is 0 Å². The zero-order chi connectivity index (χ0) is 19.2. The molecule has 2 N–H and O–H groups in total. The largest absolute Gasteiger partial charge is 0.482 e. The maximum atomic E-state index is 12.9. The van der Waals surface area contributed by atoms with Crippen molar-refractivity contribution >= 4 is 5.78 Å². The summed E-state index contributed by atoms with van der Waals surface area (Å²) in [4.78, 5) is 18.8. The maximum Gasteiger partial charge on any atom is 0.451 e. The first kappa shape index (κ1) is 16.8. The van der Waals surface area contributed by atoms with Crippen LogP contribution in [0, 0.1) is 0 Å². The highest BCUT2D eigenvalue weighted by atomic mass is 19.4. The molecule has 13 heteroatoms. The van der Waals surface area contributed by atoms with Crippen molar-refractivity contribution in [2.75, 3.05) is 14.2 Å². The Balaban J connectivity index is 2.03. The first-order valence-electron chi connectivity index (χ1n) is 7.42. The minimum Gasteiger partial charge on any atom is -0.482 e. The number of ether oxygens (including phenoxy) is 2. The van der Waals surface area contributed by atoms with Gasteiger partial charge in [-0.3, -0.25) is 5.10 Å². The van der Waals surface area contributed by atoms with Crippen LogP contribution in [-0.2, 0) is 6.18 Å². The van der Waals surface area contributed by atoms with Crippen LogP contribution in [0.1, 0.15) is 5.82 Å². The molecule has 0 amide bonds. The van der Waals surface area contributed by atoms with Crippen molar-refractivity contribution in [1.82, 2.24) is 39.5 Å². The van der Waals surface area contributed by atoms with Crippen LogP contribution >= 0.6 is 0 Å². The second kappa shape index (κ2) is 5.96. The molecule has 4 aromatic heterocycles. The van der Waals surface area contributed by atoms with Crippen LogP contribution in [0.3, 0.4) is 0 Å². The third kappa shape index (κ3) is 2.72. The van der Waals surface area contributed by atoms with Gasteiger partial charge in [-0.05, 0) is 0 Å². The van der Waals surface area contributed by atoms with Gasteiger partial charge < -0.3 is 14.5 Å². The number of fused-ring (bicyclic) bond motifs is 1. The van der Waals surface area contributed by atoms with Crippen LogP contribution in [0.4, 0.5) is 13.2 Å². The number of nitrogens with one attached hydrogen (secondary N) is 2. The Morgan fingerprint density at radius 2 is 1.93 bits per heavy atom. The molecule has 0 radical (unpaired) electrons. The average Bonchev–Trinajstić information content (AvgIpc) is 3.36. The lowest BCUT2D eigenvalue weighted by molar-refractivity contribution is -0.144. The van der Waals surface area contributed by atoms with Crippen LogP contribution < -0.4 is 9.47 Å². The van der Waals surface area contributed by atoms with E-state index in [1.165, 1.54) is 37.2 Å². The van der Waals surface area contributed by atoms with Gasteiger partial charge in [-0.2, -0.15) is 23.3 Å². The topological polar surface area (TPSA) is 119 Å². The molecule has 27 heavy (non-hydrogen) atoms. The van der Waals surface area contributed by atoms with E-state index < -0.39 is 12.0 Å². The van der Waals surface area contributed by atoms with Crippen molar-refractivity contribution in [3.63, 3.8) is 0 Å². The van der Waals surface area contributed by atoms with Crippen molar-refractivity contribution in [1.29, 1.82) is 0 Å². The Kier molecular flexibility index (Phi) is 3.71. The van der Waals surface area contributed by atoms with Gasteiger partial charge in [0.1, 0.15) is 11.4 Å². The number of nitrogens with zero attached hydrogens (tertiary/aromatic N) is 6. The monoisotopic (exact) mass is 380 g/mol. The first-order chi connectivity index (χ1) is 12.9. The molecule has 0 aromatic carbocycles. The summed E-state index contributed by atoms with van der Waals surface area (Å²) in [6, 6.07) is 1.51. The summed E-state index contributed by atoms with van der Waals surface area (Å²) in [5, 5.41) is 5.53. The second-order valence-electron chi connectivity index (χ2n) is 5.26. The number of aromatic amines is 2. The SMILES string of the molecule is COc1cc(OC)n2c(-c3cnc[nH]3)c(-c3n[nH]c(C(F)(F)F)n3)nc2n1. The molecule has 10 nitrogen and oxygen atoms in total. The highest BCUT2D eigenvalue weighted by molar-refractivity contribution is 5.77. The van der Waals surface area contributed by atoms with E-state index in [0.717, 1.165) is 0 Å². The van der Waals surface area contributed by atoms with Crippen molar-refractivity contribution < 1.29 is 22.6 Å². The van der Waals surface area contributed by atoms with E-state index in [1.54, 1.807) is 0 Å². The van der Waals surface area contributed by atoms with Crippen molar-refractivity contribution in [3.05, 3.63) is 24.4 Å². The molecule has 0 saturated carbocycles. The van der Waals surface area contributed by atoms with Gasteiger partial charge in [-0.1, -0.05) is 0 Å². The van der Waals surface area contributed by atoms with Crippen LogP contribution in [-0.4, -0.2) is 53.7 Å². The highest BCUT2D eigenvalue weighted by Gasteiger charge is 2.36.